The van der Waals surface area contributed by atoms with Crippen molar-refractivity contribution in [3.05, 3.63) is 35.7 Å². The molecule has 10 heteroatoms. The van der Waals surface area contributed by atoms with Gasteiger partial charge in [-0.1, -0.05) is 29.4 Å². The van der Waals surface area contributed by atoms with Crippen LogP contribution in [-0.2, 0) is 16.0 Å². The molecule has 7 nitrogen and oxygen atoms in total. The molecule has 150 valence electrons. The summed E-state index contributed by atoms with van der Waals surface area (Å²) in [6.07, 6.45) is -4.21. The van der Waals surface area contributed by atoms with Crippen LogP contribution in [0.2, 0.25) is 0 Å². The highest BCUT2D eigenvalue weighted by Crippen LogP contribution is 2.25. The molecule has 2 heterocycles. The maximum atomic E-state index is 12.6. The third-order valence-corrected chi connectivity index (χ3v) is 4.55. The van der Waals surface area contributed by atoms with Gasteiger partial charge in [-0.2, -0.15) is 18.2 Å². The predicted molar refractivity (Wildman–Crippen MR) is 92.0 cm³/mol. The Morgan fingerprint density at radius 3 is 2.79 bits per heavy atom. The van der Waals surface area contributed by atoms with Crippen molar-refractivity contribution in [2.75, 3.05) is 13.1 Å². The molecule has 0 saturated carbocycles. The smallest absolute Gasteiger partial charge is 0.354 e. The number of aryl methyl sites for hydroxylation is 1. The van der Waals surface area contributed by atoms with Gasteiger partial charge in [0.1, 0.15) is 6.04 Å². The minimum atomic E-state index is -4.99. The van der Waals surface area contributed by atoms with Crippen molar-refractivity contribution in [3.8, 4) is 11.4 Å². The summed E-state index contributed by atoms with van der Waals surface area (Å²) in [5.74, 6) is -1.87. The number of benzene rings is 1. The zero-order valence-electron chi connectivity index (χ0n) is 15.1. The van der Waals surface area contributed by atoms with Crippen molar-refractivity contribution >= 4 is 11.8 Å². The summed E-state index contributed by atoms with van der Waals surface area (Å²) in [6, 6.07) is 6.41. The zero-order chi connectivity index (χ0) is 20.3. The number of hydrogen-bond acceptors (Lipinski definition) is 5. The summed E-state index contributed by atoms with van der Waals surface area (Å²) >= 11 is 0. The Labute approximate surface area is 158 Å². The van der Waals surface area contributed by atoms with Crippen LogP contribution in [-0.4, -0.2) is 52.2 Å². The first kappa shape index (κ1) is 19.8. The highest BCUT2D eigenvalue weighted by Gasteiger charge is 2.47. The number of carbonyl (C=O) groups excluding carboxylic acids is 2. The van der Waals surface area contributed by atoms with Crippen LogP contribution in [0.4, 0.5) is 13.2 Å². The fourth-order valence-corrected chi connectivity index (χ4v) is 3.15. The monoisotopic (exact) mass is 396 g/mol. The molecule has 1 N–H and O–H groups in total. The third kappa shape index (κ3) is 4.32. The molecule has 0 spiro atoms. The Kier molecular flexibility index (Phi) is 5.66. The SMILES string of the molecule is Cc1ccccc1-c1noc(CCNC(=O)C2CCCN2C(=O)C(F)(F)F)n1. The van der Waals surface area contributed by atoms with Gasteiger partial charge in [0, 0.05) is 25.1 Å². The topological polar surface area (TPSA) is 88.3 Å². The Morgan fingerprint density at radius 1 is 1.32 bits per heavy atom. The van der Waals surface area contributed by atoms with Crippen LogP contribution in [0, 0.1) is 6.92 Å². The van der Waals surface area contributed by atoms with Crippen molar-refractivity contribution in [2.24, 2.45) is 0 Å². The molecule has 1 saturated heterocycles. The van der Waals surface area contributed by atoms with Crippen LogP contribution in [0.3, 0.4) is 0 Å². The molecule has 1 unspecified atom stereocenters. The molecule has 1 fully saturated rings. The van der Waals surface area contributed by atoms with Gasteiger partial charge in [0.25, 0.3) is 0 Å². The van der Waals surface area contributed by atoms with E-state index in [1.54, 1.807) is 0 Å². The van der Waals surface area contributed by atoms with Gasteiger partial charge in [-0.15, -0.1) is 0 Å². The summed E-state index contributed by atoms with van der Waals surface area (Å²) in [5.41, 5.74) is 1.81. The lowest BCUT2D eigenvalue weighted by Gasteiger charge is -2.24. The molecule has 0 radical (unpaired) electrons. The van der Waals surface area contributed by atoms with Gasteiger partial charge < -0.3 is 14.7 Å². The largest absolute Gasteiger partial charge is 0.471 e. The van der Waals surface area contributed by atoms with Gasteiger partial charge in [-0.25, -0.2) is 0 Å². The predicted octanol–water partition coefficient (Wildman–Crippen LogP) is 2.26. The summed E-state index contributed by atoms with van der Waals surface area (Å²) < 4.78 is 43.1. The van der Waals surface area contributed by atoms with Gasteiger partial charge >= 0.3 is 12.1 Å². The number of nitrogens with zero attached hydrogens (tertiary/aromatic N) is 3. The first-order valence-electron chi connectivity index (χ1n) is 8.81. The fourth-order valence-electron chi connectivity index (χ4n) is 3.15. The van der Waals surface area contributed by atoms with Crippen LogP contribution >= 0.6 is 0 Å². The molecule has 1 aliphatic heterocycles. The number of alkyl halides is 3. The first-order valence-corrected chi connectivity index (χ1v) is 8.81. The molecule has 2 aromatic rings. The van der Waals surface area contributed by atoms with Crippen molar-refractivity contribution < 1.29 is 27.3 Å². The molecule has 1 aliphatic rings. The highest BCUT2D eigenvalue weighted by molar-refractivity contribution is 5.90. The van der Waals surface area contributed by atoms with Crippen molar-refractivity contribution in [2.45, 2.75) is 38.4 Å². The second-order valence-electron chi connectivity index (χ2n) is 6.52. The first-order chi connectivity index (χ1) is 13.3. The van der Waals surface area contributed by atoms with Crippen molar-refractivity contribution in [3.63, 3.8) is 0 Å². The molecule has 1 aromatic carbocycles. The summed E-state index contributed by atoms with van der Waals surface area (Å²) in [7, 11) is 0. The second-order valence-corrected chi connectivity index (χ2v) is 6.52. The Bertz CT molecular complexity index is 866. The Morgan fingerprint density at radius 2 is 2.07 bits per heavy atom. The van der Waals surface area contributed by atoms with Gasteiger partial charge in [-0.05, 0) is 25.3 Å². The number of amides is 2. The van der Waals surface area contributed by atoms with Crippen LogP contribution in [0.1, 0.15) is 24.3 Å². The lowest BCUT2D eigenvalue weighted by molar-refractivity contribution is -0.186. The van der Waals surface area contributed by atoms with E-state index in [0.717, 1.165) is 11.1 Å². The van der Waals surface area contributed by atoms with E-state index < -0.39 is 24.0 Å². The van der Waals surface area contributed by atoms with Gasteiger partial charge in [0.05, 0.1) is 0 Å². The van der Waals surface area contributed by atoms with E-state index in [-0.39, 0.29) is 25.9 Å². The van der Waals surface area contributed by atoms with E-state index in [1.807, 2.05) is 31.2 Å². The van der Waals surface area contributed by atoms with E-state index in [4.69, 9.17) is 4.52 Å². The van der Waals surface area contributed by atoms with E-state index in [0.29, 0.717) is 23.0 Å². The van der Waals surface area contributed by atoms with E-state index >= 15 is 0 Å². The van der Waals surface area contributed by atoms with Crippen LogP contribution in [0.5, 0.6) is 0 Å². The molecule has 3 rings (SSSR count). The Balaban J connectivity index is 1.55. The Hall–Kier alpha value is -2.91. The molecule has 1 atom stereocenters. The number of halogens is 3. The molecule has 1 aromatic heterocycles. The average Bonchev–Trinajstić information content (AvgIpc) is 3.30. The van der Waals surface area contributed by atoms with E-state index in [9.17, 15) is 22.8 Å². The molecule has 2 amide bonds. The minimum Gasteiger partial charge on any atom is -0.354 e. The minimum absolute atomic E-state index is 0.0835. The van der Waals surface area contributed by atoms with Crippen LogP contribution in [0.25, 0.3) is 11.4 Å². The van der Waals surface area contributed by atoms with Crippen LogP contribution in [0.15, 0.2) is 28.8 Å². The van der Waals surface area contributed by atoms with Crippen molar-refractivity contribution in [1.82, 2.24) is 20.4 Å². The summed E-state index contributed by atoms with van der Waals surface area (Å²) in [4.78, 5) is 28.5. The number of rotatable bonds is 5. The van der Waals surface area contributed by atoms with Gasteiger partial charge in [-0.3, -0.25) is 9.59 Å². The number of nitrogens with one attached hydrogen (secondary N) is 1. The number of aromatic nitrogens is 2. The quantitative estimate of drug-likeness (QED) is 0.838. The molecular formula is C18H19F3N4O3. The maximum Gasteiger partial charge on any atom is 0.471 e. The lowest BCUT2D eigenvalue weighted by Crippen LogP contribution is -2.50. The number of carbonyl (C=O) groups is 2. The van der Waals surface area contributed by atoms with E-state index in [1.165, 1.54) is 0 Å². The molecule has 0 aliphatic carbocycles. The normalized spacial score (nSPS) is 17.0. The number of hydrogen-bond donors (Lipinski definition) is 1. The standard InChI is InChI=1S/C18H19F3N4O3/c1-11-5-2-3-6-12(11)15-23-14(28-24-15)8-9-22-16(26)13-7-4-10-25(13)17(27)18(19,20)21/h2-3,5-6,13H,4,7-10H2,1H3,(H,22,26). The summed E-state index contributed by atoms with van der Waals surface area (Å²) in [5, 5.41) is 6.45. The molecule has 0 bridgehead atoms. The number of likely N-dealkylation sites (tertiary alicyclic amines) is 1. The highest BCUT2D eigenvalue weighted by atomic mass is 19.4. The third-order valence-electron chi connectivity index (χ3n) is 4.55. The molecular weight excluding hydrogens is 377 g/mol. The van der Waals surface area contributed by atoms with Crippen LogP contribution < -0.4 is 5.32 Å². The maximum absolute atomic E-state index is 12.6. The lowest BCUT2D eigenvalue weighted by atomic mass is 10.1. The van der Waals surface area contributed by atoms with Gasteiger partial charge in [0.2, 0.25) is 17.6 Å². The van der Waals surface area contributed by atoms with Crippen molar-refractivity contribution in [1.29, 1.82) is 0 Å². The zero-order valence-corrected chi connectivity index (χ0v) is 15.1. The summed E-state index contributed by atoms with van der Waals surface area (Å²) in [6.45, 7) is 1.94. The van der Waals surface area contributed by atoms with E-state index in [2.05, 4.69) is 15.5 Å². The second kappa shape index (κ2) is 7.99. The van der Waals surface area contributed by atoms with Gasteiger partial charge in [0.15, 0.2) is 0 Å². The molecule has 28 heavy (non-hydrogen) atoms. The fraction of sp³-hybridized carbons (Fsp3) is 0.444. The average molecular weight is 396 g/mol.